The van der Waals surface area contributed by atoms with Crippen molar-refractivity contribution in [2.75, 3.05) is 13.1 Å². The van der Waals surface area contributed by atoms with Crippen LogP contribution in [0.15, 0.2) is 72.9 Å². The molecule has 39 heavy (non-hydrogen) atoms. The second kappa shape index (κ2) is 14.2. The predicted molar refractivity (Wildman–Crippen MR) is 157 cm³/mol. The van der Waals surface area contributed by atoms with Crippen molar-refractivity contribution in [1.29, 1.82) is 0 Å². The van der Waals surface area contributed by atoms with Crippen LogP contribution in [0.2, 0.25) is 5.02 Å². The molecule has 0 saturated heterocycles. The van der Waals surface area contributed by atoms with Crippen LogP contribution in [0.5, 0.6) is 0 Å². The van der Waals surface area contributed by atoms with E-state index in [4.69, 9.17) is 11.6 Å². The lowest BCUT2D eigenvalue weighted by Crippen LogP contribution is -2.50. The van der Waals surface area contributed by atoms with Crippen LogP contribution in [-0.4, -0.2) is 45.4 Å². The largest absolute Gasteiger partial charge is 0.345 e. The van der Waals surface area contributed by atoms with E-state index in [1.165, 1.54) is 6.42 Å². The molecule has 0 aliphatic heterocycles. The van der Waals surface area contributed by atoms with Crippen molar-refractivity contribution in [3.63, 3.8) is 0 Å². The van der Waals surface area contributed by atoms with Crippen LogP contribution in [0.25, 0.3) is 0 Å². The highest BCUT2D eigenvalue weighted by Gasteiger charge is 2.29. The van der Waals surface area contributed by atoms with E-state index in [-0.39, 0.29) is 30.4 Å². The van der Waals surface area contributed by atoms with Crippen molar-refractivity contribution in [3.05, 3.63) is 94.8 Å². The number of nitrogens with zero attached hydrogens (tertiary/aromatic N) is 3. The van der Waals surface area contributed by atoms with Crippen LogP contribution < -0.4 is 5.32 Å². The van der Waals surface area contributed by atoms with Gasteiger partial charge < -0.3 is 19.7 Å². The molecule has 2 aromatic carbocycles. The van der Waals surface area contributed by atoms with Crippen molar-refractivity contribution in [3.8, 4) is 0 Å². The molecule has 0 bridgehead atoms. The molecule has 0 atom stereocenters. The molecule has 6 nitrogen and oxygen atoms in total. The van der Waals surface area contributed by atoms with Gasteiger partial charge in [0.25, 0.3) is 0 Å². The third-order valence-electron chi connectivity index (χ3n) is 7.38. The molecule has 3 amide bonds. The summed E-state index contributed by atoms with van der Waals surface area (Å²) < 4.78 is 2.17. The van der Waals surface area contributed by atoms with E-state index in [1.54, 1.807) is 4.90 Å². The van der Waals surface area contributed by atoms with E-state index in [0.29, 0.717) is 26.2 Å². The molecule has 0 unspecified atom stereocenters. The van der Waals surface area contributed by atoms with Gasteiger partial charge in [-0.1, -0.05) is 93.2 Å². The predicted octanol–water partition coefficient (Wildman–Crippen LogP) is 6.72. The first-order valence-electron chi connectivity index (χ1n) is 14.1. The van der Waals surface area contributed by atoms with Crippen molar-refractivity contribution in [2.24, 2.45) is 5.92 Å². The number of rotatable bonds is 11. The topological polar surface area (TPSA) is 57.6 Å². The van der Waals surface area contributed by atoms with Gasteiger partial charge in [0.05, 0.1) is 6.54 Å². The van der Waals surface area contributed by atoms with Crippen molar-refractivity contribution in [1.82, 2.24) is 19.7 Å². The summed E-state index contributed by atoms with van der Waals surface area (Å²) in [6, 6.07) is 21.8. The van der Waals surface area contributed by atoms with Crippen LogP contribution in [0, 0.1) is 5.92 Å². The minimum Gasteiger partial charge on any atom is -0.345 e. The maximum absolute atomic E-state index is 13.9. The van der Waals surface area contributed by atoms with Crippen LogP contribution in [0.1, 0.15) is 62.8 Å². The quantitative estimate of drug-likeness (QED) is 0.289. The Morgan fingerprint density at radius 1 is 0.974 bits per heavy atom. The van der Waals surface area contributed by atoms with Crippen LogP contribution >= 0.6 is 11.6 Å². The Hall–Kier alpha value is -3.25. The first-order valence-corrected chi connectivity index (χ1v) is 14.5. The molecule has 1 heterocycles. The smallest absolute Gasteiger partial charge is 0.318 e. The van der Waals surface area contributed by atoms with Crippen LogP contribution in [0.4, 0.5) is 4.79 Å². The molecule has 1 aliphatic rings. The summed E-state index contributed by atoms with van der Waals surface area (Å²) in [5, 5.41) is 3.75. The molecule has 1 saturated carbocycles. The number of halogens is 1. The molecule has 1 aliphatic carbocycles. The number of amides is 3. The highest BCUT2D eigenvalue weighted by Crippen LogP contribution is 2.25. The van der Waals surface area contributed by atoms with Crippen molar-refractivity contribution < 1.29 is 9.59 Å². The molecular weight excluding hydrogens is 508 g/mol. The van der Waals surface area contributed by atoms with Gasteiger partial charge in [-0.2, -0.15) is 0 Å². The summed E-state index contributed by atoms with van der Waals surface area (Å²) in [5.41, 5.74) is 3.15. The Kier molecular flexibility index (Phi) is 10.5. The van der Waals surface area contributed by atoms with E-state index >= 15 is 0 Å². The Morgan fingerprint density at radius 3 is 2.41 bits per heavy atom. The maximum Gasteiger partial charge on any atom is 0.318 e. The normalized spacial score (nSPS) is 13.8. The molecular formula is C32H41ClN4O2. The second-order valence-electron chi connectivity index (χ2n) is 11.0. The van der Waals surface area contributed by atoms with Crippen molar-refractivity contribution >= 4 is 23.5 Å². The summed E-state index contributed by atoms with van der Waals surface area (Å²) >= 11 is 6.44. The minimum absolute atomic E-state index is 0.00269. The second-order valence-corrected chi connectivity index (χ2v) is 11.4. The number of hydrogen-bond donors (Lipinski definition) is 1. The summed E-state index contributed by atoms with van der Waals surface area (Å²) in [7, 11) is 0. The summed E-state index contributed by atoms with van der Waals surface area (Å²) in [6.45, 7) is 6.34. The molecule has 0 radical (unpaired) electrons. The summed E-state index contributed by atoms with van der Waals surface area (Å²) in [6.07, 6.45) is 7.51. The number of aromatic nitrogens is 1. The van der Waals surface area contributed by atoms with E-state index in [0.717, 1.165) is 47.5 Å². The van der Waals surface area contributed by atoms with Crippen molar-refractivity contribution in [2.45, 2.75) is 71.6 Å². The first kappa shape index (κ1) is 28.8. The zero-order valence-corrected chi connectivity index (χ0v) is 23.9. The average molecular weight is 549 g/mol. The first-order chi connectivity index (χ1) is 18.9. The highest BCUT2D eigenvalue weighted by atomic mass is 35.5. The lowest BCUT2D eigenvalue weighted by molar-refractivity contribution is -0.135. The summed E-state index contributed by atoms with van der Waals surface area (Å²) in [4.78, 5) is 30.9. The number of carbonyl (C=O) groups excluding carboxylic acids is 2. The van der Waals surface area contributed by atoms with Gasteiger partial charge in [-0.15, -0.1) is 0 Å². The third kappa shape index (κ3) is 8.37. The Morgan fingerprint density at radius 2 is 1.69 bits per heavy atom. The molecule has 4 rings (SSSR count). The molecule has 1 N–H and O–H groups in total. The van der Waals surface area contributed by atoms with Gasteiger partial charge in [0, 0.05) is 42.6 Å². The van der Waals surface area contributed by atoms with Crippen LogP contribution in [-0.2, 0) is 24.4 Å². The monoisotopic (exact) mass is 548 g/mol. The Balaban J connectivity index is 1.49. The van der Waals surface area contributed by atoms with E-state index in [2.05, 4.69) is 29.8 Å². The fourth-order valence-electron chi connectivity index (χ4n) is 5.35. The van der Waals surface area contributed by atoms with Gasteiger partial charge in [0.2, 0.25) is 5.91 Å². The molecule has 1 aromatic heterocycles. The van der Waals surface area contributed by atoms with Gasteiger partial charge in [0.1, 0.15) is 6.54 Å². The molecule has 1 fully saturated rings. The third-order valence-corrected chi connectivity index (χ3v) is 7.74. The number of hydrogen-bond acceptors (Lipinski definition) is 2. The number of nitrogens with one attached hydrogen (secondary N) is 1. The zero-order valence-electron chi connectivity index (χ0n) is 23.2. The standard InChI is InChI=1S/C32H41ClN4O2/c1-25(2)21-36(32(39)34-20-26-12-5-3-6-13-26)24-31(38)37(28-15-7-4-8-16-28)23-29-17-11-19-35(29)22-27-14-9-10-18-30(27)33/h3,5-6,9-14,17-19,25,28H,4,7-8,15-16,20-24H2,1-2H3,(H,34,39). The number of carbonyl (C=O) groups is 2. The maximum atomic E-state index is 13.9. The fourth-order valence-corrected chi connectivity index (χ4v) is 5.54. The van der Waals surface area contributed by atoms with E-state index < -0.39 is 0 Å². The zero-order chi connectivity index (χ0) is 27.6. The Bertz CT molecular complexity index is 1200. The van der Waals surface area contributed by atoms with Crippen LogP contribution in [0.3, 0.4) is 0 Å². The Labute approximate surface area is 237 Å². The van der Waals surface area contributed by atoms with Gasteiger partial charge in [-0.3, -0.25) is 4.79 Å². The molecule has 7 heteroatoms. The lowest BCUT2D eigenvalue weighted by atomic mass is 9.94. The van der Waals surface area contributed by atoms with Gasteiger partial charge in [-0.25, -0.2) is 4.79 Å². The SMILES string of the molecule is CC(C)CN(CC(=O)N(Cc1cccn1Cc1ccccc1Cl)C1CCCCC1)C(=O)NCc1ccccc1. The number of urea groups is 1. The van der Waals surface area contributed by atoms with Gasteiger partial charge >= 0.3 is 6.03 Å². The molecule has 208 valence electrons. The average Bonchev–Trinajstić information content (AvgIpc) is 3.38. The number of benzene rings is 2. The fraction of sp³-hybridized carbons (Fsp3) is 0.438. The van der Waals surface area contributed by atoms with Gasteiger partial charge in [0.15, 0.2) is 0 Å². The van der Waals surface area contributed by atoms with Gasteiger partial charge in [-0.05, 0) is 48.1 Å². The molecule has 3 aromatic rings. The minimum atomic E-state index is -0.202. The van der Waals surface area contributed by atoms with E-state index in [1.807, 2.05) is 71.8 Å². The highest BCUT2D eigenvalue weighted by molar-refractivity contribution is 6.31. The van der Waals surface area contributed by atoms with E-state index in [9.17, 15) is 9.59 Å². The molecule has 0 spiro atoms. The summed E-state index contributed by atoms with van der Waals surface area (Å²) in [5.74, 6) is 0.249. The lowest BCUT2D eigenvalue weighted by Gasteiger charge is -2.36.